The molecule has 1 fully saturated rings. The molecule has 1 saturated heterocycles. The van der Waals surface area contributed by atoms with E-state index in [1.165, 1.54) is 23.6 Å². The first kappa shape index (κ1) is 24.3. The van der Waals surface area contributed by atoms with Gasteiger partial charge in [0.1, 0.15) is 11.4 Å². The van der Waals surface area contributed by atoms with Crippen molar-refractivity contribution in [2.45, 2.75) is 51.3 Å². The van der Waals surface area contributed by atoms with E-state index >= 15 is 0 Å². The number of aryl methyl sites for hydroxylation is 3. The number of likely N-dealkylation sites (tertiary alicyclic amines) is 1. The quantitative estimate of drug-likeness (QED) is 0.548. The molecule has 34 heavy (non-hydrogen) atoms. The molecule has 3 heterocycles. The van der Waals surface area contributed by atoms with Gasteiger partial charge >= 0.3 is 0 Å². The lowest BCUT2D eigenvalue weighted by Gasteiger charge is -2.20. The zero-order valence-electron chi connectivity index (χ0n) is 19.9. The highest BCUT2D eigenvalue weighted by Crippen LogP contribution is 2.24. The smallest absolute Gasteiger partial charge is 0.271 e. The Bertz CT molecular complexity index is 1300. The van der Waals surface area contributed by atoms with Gasteiger partial charge in [0, 0.05) is 24.7 Å². The molecule has 0 aliphatic carbocycles. The van der Waals surface area contributed by atoms with Gasteiger partial charge in [-0.3, -0.25) is 4.79 Å². The van der Waals surface area contributed by atoms with Gasteiger partial charge in [-0.15, -0.1) is 0 Å². The molecule has 2 aromatic heterocycles. The highest BCUT2D eigenvalue weighted by Gasteiger charge is 2.20. The fourth-order valence-electron chi connectivity index (χ4n) is 4.33. The van der Waals surface area contributed by atoms with Gasteiger partial charge in [-0.1, -0.05) is 30.1 Å². The van der Waals surface area contributed by atoms with E-state index in [0.717, 1.165) is 25.9 Å². The van der Waals surface area contributed by atoms with Crippen LogP contribution in [-0.4, -0.2) is 54.4 Å². The normalized spacial score (nSPS) is 15.4. The minimum absolute atomic E-state index is 0.206. The Morgan fingerprint density at radius 1 is 1.03 bits per heavy atom. The second kappa shape index (κ2) is 10.2. The summed E-state index contributed by atoms with van der Waals surface area (Å²) < 4.78 is 35.4. The Hall–Kier alpha value is -2.82. The van der Waals surface area contributed by atoms with E-state index in [-0.39, 0.29) is 10.5 Å². The second-order valence-electron chi connectivity index (χ2n) is 8.78. The zero-order chi connectivity index (χ0) is 24.3. The monoisotopic (exact) mass is 485 g/mol. The van der Waals surface area contributed by atoms with E-state index in [4.69, 9.17) is 4.52 Å². The Morgan fingerprint density at radius 2 is 1.76 bits per heavy atom. The van der Waals surface area contributed by atoms with E-state index in [0.29, 0.717) is 47.1 Å². The van der Waals surface area contributed by atoms with Crippen molar-refractivity contribution >= 4 is 10.0 Å². The van der Waals surface area contributed by atoms with Gasteiger partial charge in [-0.2, -0.15) is 9.78 Å². The first-order chi connectivity index (χ1) is 16.3. The Balaban J connectivity index is 1.58. The maximum atomic E-state index is 13.1. The van der Waals surface area contributed by atoms with Crippen molar-refractivity contribution in [2.75, 3.05) is 26.2 Å². The van der Waals surface area contributed by atoms with Crippen molar-refractivity contribution in [2.24, 2.45) is 0 Å². The third-order valence-corrected chi connectivity index (χ3v) is 7.80. The molecule has 0 atom stereocenters. The highest BCUT2D eigenvalue weighted by atomic mass is 32.2. The minimum atomic E-state index is -3.70. The number of nitrogens with zero attached hydrogens (tertiary/aromatic N) is 4. The van der Waals surface area contributed by atoms with Crippen molar-refractivity contribution in [3.8, 4) is 16.9 Å². The van der Waals surface area contributed by atoms with Gasteiger partial charge in [0.05, 0.1) is 10.6 Å². The van der Waals surface area contributed by atoms with Crippen LogP contribution in [0.4, 0.5) is 0 Å². The molecule has 0 amide bonds. The summed E-state index contributed by atoms with van der Waals surface area (Å²) in [4.78, 5) is 15.0. The topological polar surface area (TPSA) is 110 Å². The number of aromatic nitrogens is 3. The highest BCUT2D eigenvalue weighted by molar-refractivity contribution is 7.89. The Kier molecular flexibility index (Phi) is 7.30. The number of benzene rings is 1. The van der Waals surface area contributed by atoms with Crippen LogP contribution >= 0.6 is 0 Å². The van der Waals surface area contributed by atoms with E-state index in [9.17, 15) is 13.2 Å². The molecule has 0 bridgehead atoms. The molecule has 0 saturated carbocycles. The summed E-state index contributed by atoms with van der Waals surface area (Å²) >= 11 is 0. The molecular weight excluding hydrogens is 454 g/mol. The first-order valence-corrected chi connectivity index (χ1v) is 13.1. The molecule has 1 aliphatic heterocycles. The van der Waals surface area contributed by atoms with Crippen molar-refractivity contribution in [1.82, 2.24) is 24.6 Å². The summed E-state index contributed by atoms with van der Waals surface area (Å²) in [6, 6.07) is 8.16. The summed E-state index contributed by atoms with van der Waals surface area (Å²) in [5, 5.41) is 8.37. The van der Waals surface area contributed by atoms with Crippen LogP contribution in [0.5, 0.6) is 0 Å². The molecule has 4 rings (SSSR count). The maximum Gasteiger partial charge on any atom is 0.271 e. The van der Waals surface area contributed by atoms with Crippen LogP contribution in [0.2, 0.25) is 0 Å². The number of sulfonamides is 1. The molecule has 1 N–H and O–H groups in total. The van der Waals surface area contributed by atoms with Gasteiger partial charge in [-0.05, 0) is 64.4 Å². The number of nitrogens with one attached hydrogen (secondary N) is 1. The summed E-state index contributed by atoms with van der Waals surface area (Å²) in [5.74, 6) is 0.477. The first-order valence-electron chi connectivity index (χ1n) is 11.6. The zero-order valence-corrected chi connectivity index (χ0v) is 20.7. The maximum absolute atomic E-state index is 13.1. The van der Waals surface area contributed by atoms with Gasteiger partial charge in [0.15, 0.2) is 5.76 Å². The van der Waals surface area contributed by atoms with Crippen molar-refractivity contribution in [3.05, 3.63) is 57.7 Å². The third kappa shape index (κ3) is 5.29. The van der Waals surface area contributed by atoms with Crippen molar-refractivity contribution < 1.29 is 12.9 Å². The molecule has 1 aliphatic rings. The number of hydrogen-bond donors (Lipinski definition) is 1. The predicted octanol–water partition coefficient (Wildman–Crippen LogP) is 2.97. The van der Waals surface area contributed by atoms with Crippen LogP contribution in [0.1, 0.15) is 42.7 Å². The molecule has 10 heteroatoms. The van der Waals surface area contributed by atoms with Crippen LogP contribution < -0.4 is 10.3 Å². The van der Waals surface area contributed by atoms with Crippen LogP contribution in [0.25, 0.3) is 16.9 Å². The summed E-state index contributed by atoms with van der Waals surface area (Å²) in [5.41, 5.74) is 2.42. The molecule has 3 aromatic rings. The molecule has 9 nitrogen and oxygen atoms in total. The Morgan fingerprint density at radius 3 is 2.44 bits per heavy atom. The minimum Gasteiger partial charge on any atom is -0.359 e. The molecule has 1 aromatic carbocycles. The summed E-state index contributed by atoms with van der Waals surface area (Å²) in [6.07, 6.45) is 4.81. The van der Waals surface area contributed by atoms with Gasteiger partial charge in [0.2, 0.25) is 10.0 Å². The predicted molar refractivity (Wildman–Crippen MR) is 130 cm³/mol. The number of hydrogen-bond acceptors (Lipinski definition) is 7. The van der Waals surface area contributed by atoms with Crippen LogP contribution in [0.3, 0.4) is 0 Å². The Labute approximate surface area is 199 Å². The second-order valence-corrected chi connectivity index (χ2v) is 10.5. The van der Waals surface area contributed by atoms with E-state index in [1.54, 1.807) is 45.0 Å². The fourth-order valence-corrected chi connectivity index (χ4v) is 5.62. The summed E-state index contributed by atoms with van der Waals surface area (Å²) in [6.45, 7) is 8.31. The molecule has 0 unspecified atom stereocenters. The lowest BCUT2D eigenvalue weighted by molar-refractivity contribution is 0.290. The average molecular weight is 486 g/mol. The van der Waals surface area contributed by atoms with Crippen molar-refractivity contribution in [3.63, 3.8) is 0 Å². The standard InChI is InChI=1S/C24H31N5O4S/c1-17-8-9-20(21-10-11-23(30)29(26-21)24-18(2)27-33-19(24)3)16-22(17)34(31,32)25-12-15-28-13-6-4-5-7-14-28/h8-11,16,25H,4-7,12-15H2,1-3H3. The van der Waals surface area contributed by atoms with E-state index in [2.05, 4.69) is 19.9 Å². The van der Waals surface area contributed by atoms with Gasteiger partial charge in [0.25, 0.3) is 5.56 Å². The molecule has 0 radical (unpaired) electrons. The van der Waals surface area contributed by atoms with Crippen LogP contribution in [-0.2, 0) is 10.0 Å². The third-order valence-electron chi connectivity index (χ3n) is 6.20. The van der Waals surface area contributed by atoms with Gasteiger partial charge < -0.3 is 9.42 Å². The van der Waals surface area contributed by atoms with Crippen LogP contribution in [0, 0.1) is 20.8 Å². The van der Waals surface area contributed by atoms with E-state index in [1.807, 2.05) is 0 Å². The molecule has 182 valence electrons. The fraction of sp³-hybridized carbons (Fsp3) is 0.458. The lowest BCUT2D eigenvalue weighted by Crippen LogP contribution is -2.35. The van der Waals surface area contributed by atoms with E-state index < -0.39 is 10.0 Å². The van der Waals surface area contributed by atoms with Gasteiger partial charge in [-0.25, -0.2) is 13.1 Å². The van der Waals surface area contributed by atoms with Crippen LogP contribution in [0.15, 0.2) is 44.5 Å². The summed E-state index contributed by atoms with van der Waals surface area (Å²) in [7, 11) is -3.70. The largest absolute Gasteiger partial charge is 0.359 e. The number of rotatable bonds is 7. The lowest BCUT2D eigenvalue weighted by atomic mass is 10.1. The average Bonchev–Trinajstić information content (AvgIpc) is 2.98. The van der Waals surface area contributed by atoms with Crippen molar-refractivity contribution in [1.29, 1.82) is 0 Å². The SMILES string of the molecule is Cc1ccc(-c2ccc(=O)n(-c3c(C)noc3C)n2)cc1S(=O)(=O)NCCN1CCCCCC1. The molecule has 0 spiro atoms. The molecular formula is C24H31N5O4S.